The van der Waals surface area contributed by atoms with Gasteiger partial charge in [-0.25, -0.2) is 0 Å². The molecule has 0 aromatic heterocycles. The van der Waals surface area contributed by atoms with Gasteiger partial charge >= 0.3 is 0 Å². The normalized spacial score (nSPS) is 9.42. The summed E-state index contributed by atoms with van der Waals surface area (Å²) in [5.41, 5.74) is 2.54. The molecule has 0 amide bonds. The standard InChI is InChI=1S/C11H15N/c1-3-7-10-8-5-6-9-11(10)12-4-2/h4-6,8-9,12H,2-3,7H2,1H3. The van der Waals surface area contributed by atoms with Crippen molar-refractivity contribution in [3.63, 3.8) is 0 Å². The lowest BCUT2D eigenvalue weighted by Gasteiger charge is -2.06. The molecule has 1 N–H and O–H groups in total. The van der Waals surface area contributed by atoms with Crippen molar-refractivity contribution in [2.24, 2.45) is 0 Å². The molecule has 0 radical (unpaired) electrons. The van der Waals surface area contributed by atoms with Crippen LogP contribution in [0.4, 0.5) is 5.69 Å². The third-order valence-corrected chi connectivity index (χ3v) is 1.79. The second kappa shape index (κ2) is 4.60. The van der Waals surface area contributed by atoms with E-state index in [-0.39, 0.29) is 0 Å². The van der Waals surface area contributed by atoms with E-state index in [1.54, 1.807) is 6.20 Å². The first-order valence-corrected chi connectivity index (χ1v) is 4.33. The largest absolute Gasteiger partial charge is 0.362 e. The summed E-state index contributed by atoms with van der Waals surface area (Å²) in [6.07, 6.45) is 4.02. The summed E-state index contributed by atoms with van der Waals surface area (Å²) < 4.78 is 0. The lowest BCUT2D eigenvalue weighted by molar-refractivity contribution is 0.923. The molecular formula is C11H15N. The number of benzene rings is 1. The number of nitrogens with one attached hydrogen (secondary N) is 1. The quantitative estimate of drug-likeness (QED) is 0.715. The molecule has 0 aliphatic carbocycles. The van der Waals surface area contributed by atoms with E-state index in [4.69, 9.17) is 0 Å². The van der Waals surface area contributed by atoms with E-state index in [1.807, 2.05) is 6.07 Å². The monoisotopic (exact) mass is 161 g/mol. The molecule has 1 aromatic rings. The molecule has 1 aromatic carbocycles. The van der Waals surface area contributed by atoms with Gasteiger partial charge in [0.15, 0.2) is 0 Å². The fourth-order valence-electron chi connectivity index (χ4n) is 1.26. The summed E-state index contributed by atoms with van der Waals surface area (Å²) in [6.45, 7) is 5.83. The molecule has 0 saturated heterocycles. The van der Waals surface area contributed by atoms with Crippen LogP contribution in [0.2, 0.25) is 0 Å². The highest BCUT2D eigenvalue weighted by Crippen LogP contribution is 2.16. The highest BCUT2D eigenvalue weighted by molar-refractivity contribution is 5.52. The third kappa shape index (κ3) is 2.12. The second-order valence-electron chi connectivity index (χ2n) is 2.76. The zero-order valence-corrected chi connectivity index (χ0v) is 7.51. The lowest BCUT2D eigenvalue weighted by atomic mass is 10.1. The van der Waals surface area contributed by atoms with Crippen molar-refractivity contribution in [2.45, 2.75) is 19.8 Å². The average Bonchev–Trinajstić information content (AvgIpc) is 2.09. The Hall–Kier alpha value is -1.24. The molecule has 0 atom stereocenters. The molecule has 64 valence electrons. The third-order valence-electron chi connectivity index (χ3n) is 1.79. The minimum Gasteiger partial charge on any atom is -0.362 e. The maximum atomic E-state index is 3.65. The molecule has 0 spiro atoms. The molecule has 0 heterocycles. The molecule has 0 saturated carbocycles. The van der Waals surface area contributed by atoms with Crippen molar-refractivity contribution < 1.29 is 0 Å². The van der Waals surface area contributed by atoms with Crippen molar-refractivity contribution in [3.05, 3.63) is 42.6 Å². The van der Waals surface area contributed by atoms with Crippen LogP contribution in [0.1, 0.15) is 18.9 Å². The highest BCUT2D eigenvalue weighted by Gasteiger charge is 1.96. The molecule has 0 bridgehead atoms. The van der Waals surface area contributed by atoms with Crippen molar-refractivity contribution >= 4 is 5.69 Å². The van der Waals surface area contributed by atoms with E-state index in [0.717, 1.165) is 6.42 Å². The molecule has 0 unspecified atom stereocenters. The van der Waals surface area contributed by atoms with Crippen LogP contribution in [0.15, 0.2) is 37.0 Å². The number of aryl methyl sites for hydroxylation is 1. The van der Waals surface area contributed by atoms with E-state index >= 15 is 0 Å². The van der Waals surface area contributed by atoms with Crippen LogP contribution in [-0.4, -0.2) is 0 Å². The molecule has 1 heteroatoms. The summed E-state index contributed by atoms with van der Waals surface area (Å²) >= 11 is 0. The summed E-state index contributed by atoms with van der Waals surface area (Å²) in [5, 5.41) is 3.12. The Balaban J connectivity index is 2.83. The minimum atomic E-state index is 1.12. The molecule has 1 nitrogen and oxygen atoms in total. The van der Waals surface area contributed by atoms with Gasteiger partial charge in [0.1, 0.15) is 0 Å². The van der Waals surface area contributed by atoms with Gasteiger partial charge < -0.3 is 5.32 Å². The summed E-state index contributed by atoms with van der Waals surface area (Å²) in [5.74, 6) is 0. The van der Waals surface area contributed by atoms with Crippen LogP contribution >= 0.6 is 0 Å². The Labute approximate surface area is 74.1 Å². The number of anilines is 1. The summed E-state index contributed by atoms with van der Waals surface area (Å²) in [4.78, 5) is 0. The van der Waals surface area contributed by atoms with Gasteiger partial charge in [-0.3, -0.25) is 0 Å². The topological polar surface area (TPSA) is 12.0 Å². The van der Waals surface area contributed by atoms with E-state index in [0.29, 0.717) is 0 Å². The Morgan fingerprint density at radius 2 is 2.17 bits per heavy atom. The van der Waals surface area contributed by atoms with Crippen molar-refractivity contribution in [2.75, 3.05) is 5.32 Å². The molecule has 0 aliphatic rings. The van der Waals surface area contributed by atoms with Crippen LogP contribution in [0.5, 0.6) is 0 Å². The smallest absolute Gasteiger partial charge is 0.0412 e. The molecule has 0 fully saturated rings. The van der Waals surface area contributed by atoms with Crippen molar-refractivity contribution in [1.29, 1.82) is 0 Å². The van der Waals surface area contributed by atoms with Crippen molar-refractivity contribution in [3.8, 4) is 0 Å². The molecule has 1 rings (SSSR count). The Morgan fingerprint density at radius 1 is 1.42 bits per heavy atom. The fourth-order valence-corrected chi connectivity index (χ4v) is 1.26. The Kier molecular flexibility index (Phi) is 3.39. The van der Waals surface area contributed by atoms with Gasteiger partial charge in [-0.1, -0.05) is 38.1 Å². The van der Waals surface area contributed by atoms with E-state index in [1.165, 1.54) is 17.7 Å². The first-order valence-electron chi connectivity index (χ1n) is 4.33. The van der Waals surface area contributed by atoms with Gasteiger partial charge in [-0.2, -0.15) is 0 Å². The van der Waals surface area contributed by atoms with Gasteiger partial charge in [-0.05, 0) is 24.3 Å². The zero-order valence-electron chi connectivity index (χ0n) is 7.51. The molecule has 0 aliphatic heterocycles. The SMILES string of the molecule is C=CNc1ccccc1CCC. The van der Waals surface area contributed by atoms with Gasteiger partial charge in [0, 0.05) is 5.69 Å². The fraction of sp³-hybridized carbons (Fsp3) is 0.273. The Bertz CT molecular complexity index is 253. The van der Waals surface area contributed by atoms with E-state index in [9.17, 15) is 0 Å². The van der Waals surface area contributed by atoms with Gasteiger partial charge in [0.2, 0.25) is 0 Å². The maximum absolute atomic E-state index is 3.65. The predicted molar refractivity (Wildman–Crippen MR) is 54.3 cm³/mol. The first kappa shape index (κ1) is 8.85. The Morgan fingerprint density at radius 3 is 2.83 bits per heavy atom. The summed E-state index contributed by atoms with van der Waals surface area (Å²) in [7, 11) is 0. The summed E-state index contributed by atoms with van der Waals surface area (Å²) in [6, 6.07) is 8.33. The maximum Gasteiger partial charge on any atom is 0.0412 e. The van der Waals surface area contributed by atoms with Crippen LogP contribution in [0, 0.1) is 0 Å². The lowest BCUT2D eigenvalue weighted by Crippen LogP contribution is -1.92. The molecular weight excluding hydrogens is 146 g/mol. The second-order valence-corrected chi connectivity index (χ2v) is 2.76. The number of hydrogen-bond acceptors (Lipinski definition) is 1. The zero-order chi connectivity index (χ0) is 8.81. The van der Waals surface area contributed by atoms with Gasteiger partial charge in [0.25, 0.3) is 0 Å². The number of hydrogen-bond donors (Lipinski definition) is 1. The minimum absolute atomic E-state index is 1.12. The number of para-hydroxylation sites is 1. The average molecular weight is 161 g/mol. The van der Waals surface area contributed by atoms with Gasteiger partial charge in [0.05, 0.1) is 0 Å². The van der Waals surface area contributed by atoms with E-state index in [2.05, 4.69) is 37.0 Å². The van der Waals surface area contributed by atoms with Crippen LogP contribution in [-0.2, 0) is 6.42 Å². The number of rotatable bonds is 4. The van der Waals surface area contributed by atoms with E-state index < -0.39 is 0 Å². The molecule has 12 heavy (non-hydrogen) atoms. The first-order chi connectivity index (χ1) is 5.88. The van der Waals surface area contributed by atoms with Crippen LogP contribution in [0.25, 0.3) is 0 Å². The van der Waals surface area contributed by atoms with Crippen LogP contribution < -0.4 is 5.32 Å². The van der Waals surface area contributed by atoms with Crippen LogP contribution in [0.3, 0.4) is 0 Å². The highest BCUT2D eigenvalue weighted by atomic mass is 14.8. The predicted octanol–water partition coefficient (Wildman–Crippen LogP) is 3.19. The van der Waals surface area contributed by atoms with Crippen molar-refractivity contribution in [1.82, 2.24) is 0 Å². The van der Waals surface area contributed by atoms with Gasteiger partial charge in [-0.15, -0.1) is 0 Å².